The summed E-state index contributed by atoms with van der Waals surface area (Å²) in [6.45, 7) is 5.58. The molecule has 0 aromatic heterocycles. The summed E-state index contributed by atoms with van der Waals surface area (Å²) in [5.74, 6) is 1.36. The monoisotopic (exact) mass is 385 g/mol. The highest BCUT2D eigenvalue weighted by molar-refractivity contribution is 7.98. The van der Waals surface area contributed by atoms with E-state index in [1.54, 1.807) is 35.9 Å². The SMILES string of the molecule is CCOc1ccc(/C=C/C(=O)N(C)Cc2ccc(SC)cc2)cc1OCC. The Bertz CT molecular complexity index is 772. The zero-order valence-electron chi connectivity index (χ0n) is 16.4. The van der Waals surface area contributed by atoms with Crippen LogP contribution >= 0.6 is 11.8 Å². The van der Waals surface area contributed by atoms with Gasteiger partial charge in [-0.25, -0.2) is 0 Å². The molecule has 27 heavy (non-hydrogen) atoms. The number of nitrogens with zero attached hydrogens (tertiary/aromatic N) is 1. The minimum atomic E-state index is -0.0456. The van der Waals surface area contributed by atoms with Crippen molar-refractivity contribution in [1.29, 1.82) is 0 Å². The minimum Gasteiger partial charge on any atom is -0.490 e. The van der Waals surface area contributed by atoms with Crippen LogP contribution in [0, 0.1) is 0 Å². The van der Waals surface area contributed by atoms with Crippen LogP contribution in [0.15, 0.2) is 53.4 Å². The lowest BCUT2D eigenvalue weighted by molar-refractivity contribution is -0.125. The summed E-state index contributed by atoms with van der Waals surface area (Å²) in [4.78, 5) is 15.3. The molecule has 2 aromatic rings. The Morgan fingerprint density at radius 2 is 1.70 bits per heavy atom. The lowest BCUT2D eigenvalue weighted by Crippen LogP contribution is -2.24. The fourth-order valence-corrected chi connectivity index (χ4v) is 2.96. The highest BCUT2D eigenvalue weighted by Gasteiger charge is 2.08. The molecule has 0 radical (unpaired) electrons. The Hall–Kier alpha value is -2.40. The summed E-state index contributed by atoms with van der Waals surface area (Å²) in [5.41, 5.74) is 2.00. The Morgan fingerprint density at radius 3 is 2.33 bits per heavy atom. The van der Waals surface area contributed by atoms with Gasteiger partial charge in [0.15, 0.2) is 11.5 Å². The number of benzene rings is 2. The van der Waals surface area contributed by atoms with E-state index in [0.717, 1.165) is 11.1 Å². The maximum atomic E-state index is 12.4. The summed E-state index contributed by atoms with van der Waals surface area (Å²) in [6, 6.07) is 13.9. The summed E-state index contributed by atoms with van der Waals surface area (Å²) in [7, 11) is 1.80. The van der Waals surface area contributed by atoms with Gasteiger partial charge in [0.1, 0.15) is 0 Å². The Labute approximate surface area is 166 Å². The van der Waals surface area contributed by atoms with Gasteiger partial charge >= 0.3 is 0 Å². The summed E-state index contributed by atoms with van der Waals surface area (Å²) in [6.07, 6.45) is 5.43. The molecule has 144 valence electrons. The molecule has 4 nitrogen and oxygen atoms in total. The molecule has 0 saturated heterocycles. The van der Waals surface area contributed by atoms with Gasteiger partial charge in [-0.05, 0) is 61.6 Å². The molecule has 0 bridgehead atoms. The van der Waals surface area contributed by atoms with E-state index in [9.17, 15) is 4.79 Å². The van der Waals surface area contributed by atoms with E-state index in [1.807, 2.05) is 38.3 Å². The molecule has 0 N–H and O–H groups in total. The second-order valence-corrected chi connectivity index (χ2v) is 6.83. The third-order valence-corrected chi connectivity index (χ3v) is 4.68. The van der Waals surface area contributed by atoms with Gasteiger partial charge in [0.25, 0.3) is 0 Å². The predicted octanol–water partition coefficient (Wildman–Crippen LogP) is 4.88. The number of thioether (sulfide) groups is 1. The second-order valence-electron chi connectivity index (χ2n) is 5.95. The number of amides is 1. The molecule has 0 aliphatic rings. The molecule has 0 unspecified atom stereocenters. The second kappa shape index (κ2) is 10.7. The number of hydrogen-bond donors (Lipinski definition) is 0. The van der Waals surface area contributed by atoms with Crippen LogP contribution in [0.4, 0.5) is 0 Å². The smallest absolute Gasteiger partial charge is 0.246 e. The molecule has 2 aromatic carbocycles. The van der Waals surface area contributed by atoms with Gasteiger partial charge in [-0.3, -0.25) is 4.79 Å². The highest BCUT2D eigenvalue weighted by atomic mass is 32.2. The first-order valence-corrected chi connectivity index (χ1v) is 10.3. The molecule has 0 heterocycles. The Morgan fingerprint density at radius 1 is 1.04 bits per heavy atom. The van der Waals surface area contributed by atoms with Crippen LogP contribution in [0.2, 0.25) is 0 Å². The largest absolute Gasteiger partial charge is 0.490 e. The van der Waals surface area contributed by atoms with Crippen molar-refractivity contribution in [3.63, 3.8) is 0 Å². The summed E-state index contributed by atoms with van der Waals surface area (Å²) >= 11 is 1.71. The maximum absolute atomic E-state index is 12.4. The fraction of sp³-hybridized carbons (Fsp3) is 0.318. The topological polar surface area (TPSA) is 38.8 Å². The molecule has 0 fully saturated rings. The number of hydrogen-bond acceptors (Lipinski definition) is 4. The normalized spacial score (nSPS) is 10.8. The van der Waals surface area contributed by atoms with Crippen molar-refractivity contribution >= 4 is 23.7 Å². The molecular formula is C22H27NO3S. The van der Waals surface area contributed by atoms with Crippen LogP contribution < -0.4 is 9.47 Å². The molecule has 1 amide bonds. The van der Waals surface area contributed by atoms with Gasteiger partial charge < -0.3 is 14.4 Å². The zero-order valence-corrected chi connectivity index (χ0v) is 17.2. The molecule has 2 rings (SSSR count). The number of rotatable bonds is 9. The number of likely N-dealkylation sites (N-methyl/N-ethyl adjacent to an activating group) is 1. The van der Waals surface area contributed by atoms with E-state index < -0.39 is 0 Å². The van der Waals surface area contributed by atoms with Crippen LogP contribution in [0.1, 0.15) is 25.0 Å². The first-order valence-electron chi connectivity index (χ1n) is 9.03. The summed E-state index contributed by atoms with van der Waals surface area (Å²) < 4.78 is 11.2. The van der Waals surface area contributed by atoms with Gasteiger partial charge in [0, 0.05) is 24.6 Å². The fourth-order valence-electron chi connectivity index (χ4n) is 2.55. The predicted molar refractivity (Wildman–Crippen MR) is 113 cm³/mol. The standard InChI is InChI=1S/C22H27NO3S/c1-5-25-20-13-9-17(15-21(20)26-6-2)10-14-22(24)23(3)16-18-7-11-19(27-4)12-8-18/h7-15H,5-6,16H2,1-4H3/b14-10+. The van der Waals surface area contributed by atoms with E-state index in [-0.39, 0.29) is 5.91 Å². The molecule has 0 atom stereocenters. The zero-order chi connectivity index (χ0) is 19.6. The third-order valence-electron chi connectivity index (χ3n) is 3.94. The lowest BCUT2D eigenvalue weighted by Gasteiger charge is -2.15. The van der Waals surface area contributed by atoms with Gasteiger partial charge in [-0.2, -0.15) is 0 Å². The molecule has 0 aliphatic carbocycles. The minimum absolute atomic E-state index is 0.0456. The van der Waals surface area contributed by atoms with Gasteiger partial charge in [-0.1, -0.05) is 18.2 Å². The van der Waals surface area contributed by atoms with Gasteiger partial charge in [0.2, 0.25) is 5.91 Å². The molecule has 0 spiro atoms. The van der Waals surface area contributed by atoms with Gasteiger partial charge in [0.05, 0.1) is 13.2 Å². The maximum Gasteiger partial charge on any atom is 0.246 e. The summed E-state index contributed by atoms with van der Waals surface area (Å²) in [5, 5.41) is 0. The number of carbonyl (C=O) groups is 1. The van der Waals surface area contributed by atoms with Crippen LogP contribution in [0.3, 0.4) is 0 Å². The quantitative estimate of drug-likeness (QED) is 0.456. The van der Waals surface area contributed by atoms with E-state index in [4.69, 9.17) is 9.47 Å². The van der Waals surface area contributed by atoms with E-state index in [2.05, 4.69) is 24.3 Å². The van der Waals surface area contributed by atoms with Crippen LogP contribution in [0.5, 0.6) is 11.5 Å². The highest BCUT2D eigenvalue weighted by Crippen LogP contribution is 2.29. The molecule has 0 aliphatic heterocycles. The van der Waals surface area contributed by atoms with Crippen LogP contribution in [-0.4, -0.2) is 37.3 Å². The Balaban J connectivity index is 2.02. The average molecular weight is 386 g/mol. The van der Waals surface area contributed by atoms with Gasteiger partial charge in [-0.15, -0.1) is 11.8 Å². The molecular weight excluding hydrogens is 358 g/mol. The van der Waals surface area contributed by atoms with Crippen molar-refractivity contribution < 1.29 is 14.3 Å². The molecule has 0 saturated carbocycles. The average Bonchev–Trinajstić information content (AvgIpc) is 2.68. The van der Waals surface area contributed by atoms with Crippen molar-refractivity contribution in [2.24, 2.45) is 0 Å². The van der Waals surface area contributed by atoms with Crippen molar-refractivity contribution in [1.82, 2.24) is 4.90 Å². The van der Waals surface area contributed by atoms with Crippen molar-refractivity contribution in [2.75, 3.05) is 26.5 Å². The van der Waals surface area contributed by atoms with Crippen LogP contribution in [-0.2, 0) is 11.3 Å². The van der Waals surface area contributed by atoms with Crippen molar-refractivity contribution in [3.8, 4) is 11.5 Å². The first-order chi connectivity index (χ1) is 13.1. The Kier molecular flexibility index (Phi) is 8.27. The van der Waals surface area contributed by atoms with E-state index in [0.29, 0.717) is 31.3 Å². The first kappa shape index (κ1) is 20.9. The van der Waals surface area contributed by atoms with E-state index >= 15 is 0 Å². The van der Waals surface area contributed by atoms with Crippen LogP contribution in [0.25, 0.3) is 6.08 Å². The third kappa shape index (κ3) is 6.36. The van der Waals surface area contributed by atoms with Crippen molar-refractivity contribution in [2.45, 2.75) is 25.3 Å². The lowest BCUT2D eigenvalue weighted by atomic mass is 10.1. The molecule has 5 heteroatoms. The van der Waals surface area contributed by atoms with E-state index in [1.165, 1.54) is 4.90 Å². The number of carbonyl (C=O) groups excluding carboxylic acids is 1. The number of ether oxygens (including phenoxy) is 2. The van der Waals surface area contributed by atoms with Crippen molar-refractivity contribution in [3.05, 3.63) is 59.7 Å².